The van der Waals surface area contributed by atoms with Crippen molar-refractivity contribution in [1.82, 2.24) is 4.90 Å². The molecular weight excluding hydrogens is 316 g/mol. The van der Waals surface area contributed by atoms with Crippen molar-refractivity contribution in [2.75, 3.05) is 6.54 Å². The number of carboxylic acid groups (broad SMARTS) is 1. The zero-order valence-corrected chi connectivity index (χ0v) is 12.9. The van der Waals surface area contributed by atoms with Crippen LogP contribution >= 0.6 is 0 Å². The van der Waals surface area contributed by atoms with Crippen molar-refractivity contribution in [3.05, 3.63) is 59.9 Å². The maximum Gasteiger partial charge on any atom is 0.310 e. The summed E-state index contributed by atoms with van der Waals surface area (Å²) >= 11 is 0. The van der Waals surface area contributed by atoms with E-state index in [0.29, 0.717) is 11.5 Å². The van der Waals surface area contributed by atoms with Gasteiger partial charge in [-0.15, -0.1) is 0 Å². The largest absolute Gasteiger partial charge is 0.481 e. The van der Waals surface area contributed by atoms with E-state index in [1.165, 1.54) is 23.1 Å². The number of hydrogen-bond acceptors (Lipinski definition) is 3. The quantitative estimate of drug-likeness (QED) is 0.845. The zero-order chi connectivity index (χ0) is 17.1. The summed E-state index contributed by atoms with van der Waals surface area (Å²) in [5, 5.41) is 8.97. The molecule has 1 N–H and O–H groups in total. The summed E-state index contributed by atoms with van der Waals surface area (Å²) in [6.45, 7) is 0.282. The van der Waals surface area contributed by atoms with Crippen molar-refractivity contribution in [2.45, 2.75) is 19.3 Å². The minimum absolute atomic E-state index is 0.00275. The number of aliphatic carboxylic acids is 1. The van der Waals surface area contributed by atoms with Crippen LogP contribution in [0, 0.1) is 11.7 Å². The summed E-state index contributed by atoms with van der Waals surface area (Å²) in [4.78, 5) is 12.3. The molecule has 0 spiro atoms. The molecule has 1 heterocycles. The minimum atomic E-state index is -1.61. The Kier molecular flexibility index (Phi) is 4.76. The maximum atomic E-state index is 14.2. The predicted molar refractivity (Wildman–Crippen MR) is 84.0 cm³/mol. The normalized spacial score (nSPS) is 20.9. The Bertz CT molecular complexity index is 723. The van der Waals surface area contributed by atoms with Gasteiger partial charge in [0.1, 0.15) is 23.2 Å². The van der Waals surface area contributed by atoms with Crippen LogP contribution in [0.15, 0.2) is 48.5 Å². The Balaban J connectivity index is 1.74. The molecule has 0 aliphatic carbocycles. The number of carbonyl (C=O) groups is 1. The molecule has 0 aromatic heterocycles. The summed E-state index contributed by atoms with van der Waals surface area (Å²) < 4.78 is 33.8. The molecule has 2 aromatic rings. The van der Waals surface area contributed by atoms with Crippen molar-refractivity contribution in [1.29, 1.82) is 0 Å². The van der Waals surface area contributed by atoms with E-state index in [1.54, 1.807) is 12.1 Å². The van der Waals surface area contributed by atoms with Gasteiger partial charge < -0.3 is 9.84 Å². The van der Waals surface area contributed by atoms with Crippen LogP contribution in [0.2, 0.25) is 0 Å². The highest BCUT2D eigenvalue weighted by molar-refractivity contribution is 5.71. The lowest BCUT2D eigenvalue weighted by Crippen LogP contribution is -2.31. The standard InChI is InChI=1S/C18H17F2NO3/c19-16-7-6-14(24-13-4-2-1-3-5-13)10-12(16)11-21-9-8-15(17(21)20)18(22)23/h1-7,10,15,17H,8-9,11H2,(H,22,23). The number of likely N-dealkylation sites (tertiary alicyclic amines) is 1. The molecule has 1 fully saturated rings. The number of ether oxygens (including phenoxy) is 1. The molecule has 1 aliphatic rings. The van der Waals surface area contributed by atoms with Crippen molar-refractivity contribution in [2.24, 2.45) is 5.92 Å². The number of nitrogens with zero attached hydrogens (tertiary/aromatic N) is 1. The number of halogens is 2. The number of alkyl halides is 1. The third-order valence-electron chi connectivity index (χ3n) is 4.09. The van der Waals surface area contributed by atoms with Crippen LogP contribution in [-0.2, 0) is 11.3 Å². The molecule has 0 bridgehead atoms. The summed E-state index contributed by atoms with van der Waals surface area (Å²) in [5.41, 5.74) is 0.275. The number of benzene rings is 2. The Morgan fingerprint density at radius 2 is 1.96 bits per heavy atom. The van der Waals surface area contributed by atoms with Gasteiger partial charge in [0.25, 0.3) is 0 Å². The molecule has 2 unspecified atom stereocenters. The highest BCUT2D eigenvalue weighted by Crippen LogP contribution is 2.29. The van der Waals surface area contributed by atoms with E-state index >= 15 is 0 Å². The summed E-state index contributed by atoms with van der Waals surface area (Å²) in [5.74, 6) is -1.63. The Morgan fingerprint density at radius 3 is 2.62 bits per heavy atom. The van der Waals surface area contributed by atoms with Gasteiger partial charge in [-0.1, -0.05) is 18.2 Å². The second kappa shape index (κ2) is 6.97. The van der Waals surface area contributed by atoms with Crippen LogP contribution in [0.3, 0.4) is 0 Å². The third kappa shape index (κ3) is 3.54. The fraction of sp³-hybridized carbons (Fsp3) is 0.278. The van der Waals surface area contributed by atoms with Gasteiger partial charge in [-0.05, 0) is 36.8 Å². The Morgan fingerprint density at radius 1 is 1.21 bits per heavy atom. The van der Waals surface area contributed by atoms with Gasteiger partial charge in [-0.3, -0.25) is 9.69 Å². The van der Waals surface area contributed by atoms with Gasteiger partial charge in [0, 0.05) is 18.7 Å². The van der Waals surface area contributed by atoms with E-state index in [0.717, 1.165) is 0 Å². The first-order chi connectivity index (χ1) is 11.5. The van der Waals surface area contributed by atoms with Crippen LogP contribution in [0.25, 0.3) is 0 Å². The van der Waals surface area contributed by atoms with E-state index in [2.05, 4.69) is 0 Å². The first kappa shape index (κ1) is 16.4. The van der Waals surface area contributed by atoms with Crippen LogP contribution in [0.5, 0.6) is 11.5 Å². The number of hydrogen-bond donors (Lipinski definition) is 1. The average Bonchev–Trinajstić information content (AvgIpc) is 2.93. The molecule has 3 rings (SSSR count). The fourth-order valence-corrected chi connectivity index (χ4v) is 2.81. The molecule has 0 amide bonds. The van der Waals surface area contributed by atoms with E-state index in [-0.39, 0.29) is 25.1 Å². The van der Waals surface area contributed by atoms with Crippen LogP contribution in [0.1, 0.15) is 12.0 Å². The average molecular weight is 333 g/mol. The smallest absolute Gasteiger partial charge is 0.310 e. The Hall–Kier alpha value is -2.47. The number of carboxylic acids is 1. The van der Waals surface area contributed by atoms with Gasteiger partial charge >= 0.3 is 5.97 Å². The molecule has 126 valence electrons. The van der Waals surface area contributed by atoms with E-state index in [9.17, 15) is 13.6 Å². The van der Waals surface area contributed by atoms with Crippen LogP contribution < -0.4 is 4.74 Å². The second-order valence-electron chi connectivity index (χ2n) is 5.74. The molecule has 24 heavy (non-hydrogen) atoms. The summed E-state index contributed by atoms with van der Waals surface area (Å²) in [7, 11) is 0. The SMILES string of the molecule is O=C(O)C1CCN(Cc2cc(Oc3ccccc3)ccc2F)C1F. The topological polar surface area (TPSA) is 49.8 Å². The minimum Gasteiger partial charge on any atom is -0.481 e. The lowest BCUT2D eigenvalue weighted by atomic mass is 10.1. The monoisotopic (exact) mass is 333 g/mol. The van der Waals surface area contributed by atoms with Crippen LogP contribution in [0.4, 0.5) is 8.78 Å². The molecular formula is C18H17F2NO3. The van der Waals surface area contributed by atoms with Crippen LogP contribution in [-0.4, -0.2) is 28.8 Å². The predicted octanol–water partition coefficient (Wildman–Crippen LogP) is 3.82. The molecule has 2 atom stereocenters. The van der Waals surface area contributed by atoms with Crippen molar-refractivity contribution >= 4 is 5.97 Å². The number of rotatable bonds is 5. The van der Waals surface area contributed by atoms with E-state index in [4.69, 9.17) is 9.84 Å². The van der Waals surface area contributed by atoms with Crippen molar-refractivity contribution in [3.63, 3.8) is 0 Å². The highest BCUT2D eigenvalue weighted by atomic mass is 19.1. The molecule has 0 saturated carbocycles. The lowest BCUT2D eigenvalue weighted by molar-refractivity contribution is -0.144. The molecule has 4 nitrogen and oxygen atoms in total. The van der Waals surface area contributed by atoms with Gasteiger partial charge in [0.05, 0.1) is 0 Å². The summed E-state index contributed by atoms with van der Waals surface area (Å²) in [6, 6.07) is 13.3. The zero-order valence-electron chi connectivity index (χ0n) is 12.9. The third-order valence-corrected chi connectivity index (χ3v) is 4.09. The fourth-order valence-electron chi connectivity index (χ4n) is 2.81. The molecule has 1 saturated heterocycles. The van der Waals surface area contributed by atoms with E-state index in [1.807, 2.05) is 18.2 Å². The molecule has 2 aromatic carbocycles. The van der Waals surface area contributed by atoms with Gasteiger partial charge in [0.15, 0.2) is 6.30 Å². The van der Waals surface area contributed by atoms with Gasteiger partial charge in [0.2, 0.25) is 0 Å². The molecule has 6 heteroatoms. The lowest BCUT2D eigenvalue weighted by Gasteiger charge is -2.20. The van der Waals surface area contributed by atoms with Gasteiger partial charge in [-0.2, -0.15) is 0 Å². The highest BCUT2D eigenvalue weighted by Gasteiger charge is 2.39. The van der Waals surface area contributed by atoms with Crippen molar-refractivity contribution in [3.8, 4) is 11.5 Å². The van der Waals surface area contributed by atoms with Gasteiger partial charge in [-0.25, -0.2) is 8.78 Å². The second-order valence-corrected chi connectivity index (χ2v) is 5.74. The first-order valence-electron chi connectivity index (χ1n) is 7.67. The Labute approximate surface area is 138 Å². The molecule has 1 aliphatic heterocycles. The van der Waals surface area contributed by atoms with Crippen molar-refractivity contribution < 1.29 is 23.4 Å². The first-order valence-corrected chi connectivity index (χ1v) is 7.67. The summed E-state index contributed by atoms with van der Waals surface area (Å²) in [6.07, 6.45) is -1.39. The number of para-hydroxylation sites is 1. The maximum absolute atomic E-state index is 14.2. The van der Waals surface area contributed by atoms with E-state index < -0.39 is 24.0 Å². The molecule has 0 radical (unpaired) electrons.